The van der Waals surface area contributed by atoms with Gasteiger partial charge in [0.2, 0.25) is 0 Å². The van der Waals surface area contributed by atoms with Gasteiger partial charge in [-0.3, -0.25) is 0 Å². The van der Waals surface area contributed by atoms with Crippen LogP contribution in [0.25, 0.3) is 16.9 Å². The molecule has 15 heavy (non-hydrogen) atoms. The number of rotatable bonds is 1. The molecule has 0 radical (unpaired) electrons. The van der Waals surface area contributed by atoms with Crippen molar-refractivity contribution in [1.29, 1.82) is 0 Å². The largest absolute Gasteiger partial charge is 0.304 e. The summed E-state index contributed by atoms with van der Waals surface area (Å²) >= 11 is 1.62. The molecule has 0 aromatic carbocycles. The Bertz CT molecular complexity index is 598. The molecule has 0 spiro atoms. The molecule has 0 bridgehead atoms. The molecule has 0 amide bonds. The molecule has 0 saturated heterocycles. The Kier molecular flexibility index (Phi) is 1.82. The Morgan fingerprint density at radius 1 is 1.20 bits per heavy atom. The van der Waals surface area contributed by atoms with Gasteiger partial charge in [-0.2, -0.15) is 11.3 Å². The lowest BCUT2D eigenvalue weighted by atomic mass is 10.3. The van der Waals surface area contributed by atoms with Gasteiger partial charge in [0.05, 0.1) is 5.69 Å². The number of fused-ring (bicyclic) bond motifs is 1. The van der Waals surface area contributed by atoms with Gasteiger partial charge in [-0.15, -0.1) is 0 Å². The molecule has 0 saturated carbocycles. The lowest BCUT2D eigenvalue weighted by molar-refractivity contribution is 0.619. The number of nitrogens with zero attached hydrogens (tertiary/aromatic N) is 2. The fourth-order valence-corrected chi connectivity index (χ4v) is 2.16. The van der Waals surface area contributed by atoms with Crippen LogP contribution in [0.2, 0.25) is 0 Å². The summed E-state index contributed by atoms with van der Waals surface area (Å²) in [6.07, 6.45) is 3.26. The zero-order valence-electron chi connectivity index (χ0n) is 7.72. The molecule has 0 aliphatic rings. The van der Waals surface area contributed by atoms with Crippen LogP contribution >= 0.6 is 11.3 Å². The number of pyridine rings is 1. The van der Waals surface area contributed by atoms with Crippen molar-refractivity contribution in [2.75, 3.05) is 0 Å². The average molecular weight is 218 g/mol. The molecule has 0 atom stereocenters. The van der Waals surface area contributed by atoms with Crippen LogP contribution in [0.15, 0.2) is 41.4 Å². The molecule has 3 aromatic heterocycles. The lowest BCUT2D eigenvalue weighted by Gasteiger charge is -1.90. The second kappa shape index (κ2) is 3.17. The zero-order valence-corrected chi connectivity index (χ0v) is 8.54. The quantitative estimate of drug-likeness (QED) is 0.613. The summed E-state index contributed by atoms with van der Waals surface area (Å²) in [5, 5.41) is 4.03. The van der Waals surface area contributed by atoms with E-state index in [1.165, 1.54) is 12.3 Å². The van der Waals surface area contributed by atoms with Gasteiger partial charge < -0.3 is 4.40 Å². The summed E-state index contributed by atoms with van der Waals surface area (Å²) < 4.78 is 14.6. The molecular formula is C11H7FN2S. The van der Waals surface area contributed by atoms with Crippen molar-refractivity contribution < 1.29 is 4.39 Å². The minimum Gasteiger partial charge on any atom is -0.304 e. The molecule has 0 aliphatic heterocycles. The standard InChI is InChI=1S/C11H7FN2S/c12-9-1-2-11-13-10(6-14(11)5-9)8-3-4-15-7-8/h1-7H. The molecule has 0 unspecified atom stereocenters. The van der Waals surface area contributed by atoms with Crippen LogP contribution < -0.4 is 0 Å². The Morgan fingerprint density at radius 3 is 2.93 bits per heavy atom. The van der Waals surface area contributed by atoms with E-state index < -0.39 is 0 Å². The van der Waals surface area contributed by atoms with Crippen molar-refractivity contribution in [3.63, 3.8) is 0 Å². The van der Waals surface area contributed by atoms with Crippen molar-refractivity contribution in [3.05, 3.63) is 47.2 Å². The molecule has 0 aliphatic carbocycles. The zero-order chi connectivity index (χ0) is 10.3. The van der Waals surface area contributed by atoms with E-state index >= 15 is 0 Å². The first-order chi connectivity index (χ1) is 7.33. The normalized spacial score (nSPS) is 11.0. The van der Waals surface area contributed by atoms with Gasteiger partial charge in [0.1, 0.15) is 11.5 Å². The predicted molar refractivity (Wildman–Crippen MR) is 58.5 cm³/mol. The summed E-state index contributed by atoms with van der Waals surface area (Å²) in [6, 6.07) is 5.09. The minimum atomic E-state index is -0.253. The molecular weight excluding hydrogens is 211 g/mol. The number of hydrogen-bond acceptors (Lipinski definition) is 2. The topological polar surface area (TPSA) is 17.3 Å². The summed E-state index contributed by atoms with van der Waals surface area (Å²) in [5.74, 6) is -0.253. The van der Waals surface area contributed by atoms with Gasteiger partial charge in [0, 0.05) is 23.3 Å². The van der Waals surface area contributed by atoms with Crippen LogP contribution in [-0.2, 0) is 0 Å². The monoisotopic (exact) mass is 218 g/mol. The van der Waals surface area contributed by atoms with Gasteiger partial charge in [-0.1, -0.05) is 0 Å². The molecule has 3 rings (SSSR count). The maximum atomic E-state index is 12.9. The van der Waals surface area contributed by atoms with E-state index in [-0.39, 0.29) is 5.82 Å². The van der Waals surface area contributed by atoms with E-state index in [1.54, 1.807) is 21.8 Å². The molecule has 74 valence electrons. The maximum absolute atomic E-state index is 12.9. The maximum Gasteiger partial charge on any atom is 0.139 e. The van der Waals surface area contributed by atoms with E-state index in [0.29, 0.717) is 0 Å². The van der Waals surface area contributed by atoms with E-state index in [2.05, 4.69) is 4.98 Å². The number of thiophene rings is 1. The van der Waals surface area contributed by atoms with E-state index in [1.807, 2.05) is 23.0 Å². The van der Waals surface area contributed by atoms with E-state index in [9.17, 15) is 4.39 Å². The average Bonchev–Trinajstić information content (AvgIpc) is 2.84. The third-order valence-electron chi connectivity index (χ3n) is 2.23. The Labute approximate surface area is 89.6 Å². The van der Waals surface area contributed by atoms with Gasteiger partial charge in [0.15, 0.2) is 0 Å². The van der Waals surface area contributed by atoms with Crippen molar-refractivity contribution in [2.45, 2.75) is 0 Å². The van der Waals surface area contributed by atoms with Crippen LogP contribution in [0, 0.1) is 5.82 Å². The van der Waals surface area contributed by atoms with Crippen LogP contribution in [0.3, 0.4) is 0 Å². The highest BCUT2D eigenvalue weighted by atomic mass is 32.1. The number of imidazole rings is 1. The van der Waals surface area contributed by atoms with Crippen molar-refractivity contribution >= 4 is 17.0 Å². The molecule has 2 nitrogen and oxygen atoms in total. The number of halogens is 1. The first kappa shape index (κ1) is 8.61. The Morgan fingerprint density at radius 2 is 2.13 bits per heavy atom. The van der Waals surface area contributed by atoms with Crippen LogP contribution in [0.5, 0.6) is 0 Å². The van der Waals surface area contributed by atoms with Gasteiger partial charge >= 0.3 is 0 Å². The molecule has 0 fully saturated rings. The molecule has 3 heterocycles. The first-order valence-electron chi connectivity index (χ1n) is 4.50. The summed E-state index contributed by atoms with van der Waals surface area (Å²) in [7, 11) is 0. The predicted octanol–water partition coefficient (Wildman–Crippen LogP) is 3.20. The van der Waals surface area contributed by atoms with Gasteiger partial charge in [-0.25, -0.2) is 9.37 Å². The summed E-state index contributed by atoms with van der Waals surface area (Å²) in [5.41, 5.74) is 2.71. The fourth-order valence-electron chi connectivity index (χ4n) is 1.51. The highest BCUT2D eigenvalue weighted by Gasteiger charge is 2.04. The highest BCUT2D eigenvalue weighted by Crippen LogP contribution is 2.21. The SMILES string of the molecule is Fc1ccc2nc(-c3ccsc3)cn2c1. The Balaban J connectivity index is 2.22. The molecule has 0 N–H and O–H groups in total. The highest BCUT2D eigenvalue weighted by molar-refractivity contribution is 7.08. The van der Waals surface area contributed by atoms with Crippen molar-refractivity contribution in [1.82, 2.24) is 9.38 Å². The van der Waals surface area contributed by atoms with Gasteiger partial charge in [0.25, 0.3) is 0 Å². The van der Waals surface area contributed by atoms with Crippen LogP contribution in [-0.4, -0.2) is 9.38 Å². The molecule has 3 aromatic rings. The second-order valence-corrected chi connectivity index (χ2v) is 4.03. The number of hydrogen-bond donors (Lipinski definition) is 0. The number of aromatic nitrogens is 2. The van der Waals surface area contributed by atoms with Crippen LogP contribution in [0.1, 0.15) is 0 Å². The Hall–Kier alpha value is -1.68. The van der Waals surface area contributed by atoms with Crippen molar-refractivity contribution in [3.8, 4) is 11.3 Å². The third kappa shape index (κ3) is 1.43. The summed E-state index contributed by atoms with van der Waals surface area (Å²) in [4.78, 5) is 4.40. The summed E-state index contributed by atoms with van der Waals surface area (Å²) in [6.45, 7) is 0. The molecule has 4 heteroatoms. The smallest absolute Gasteiger partial charge is 0.139 e. The van der Waals surface area contributed by atoms with Crippen LogP contribution in [0.4, 0.5) is 4.39 Å². The minimum absolute atomic E-state index is 0.253. The van der Waals surface area contributed by atoms with Crippen molar-refractivity contribution in [2.24, 2.45) is 0 Å². The van der Waals surface area contributed by atoms with E-state index in [4.69, 9.17) is 0 Å². The fraction of sp³-hybridized carbons (Fsp3) is 0. The second-order valence-electron chi connectivity index (χ2n) is 3.25. The lowest BCUT2D eigenvalue weighted by Crippen LogP contribution is -1.83. The van der Waals surface area contributed by atoms with E-state index in [0.717, 1.165) is 16.9 Å². The first-order valence-corrected chi connectivity index (χ1v) is 5.44. The van der Waals surface area contributed by atoms with Gasteiger partial charge in [-0.05, 0) is 23.6 Å². The third-order valence-corrected chi connectivity index (χ3v) is 2.92.